The molecule has 0 spiro atoms. The van der Waals surface area contributed by atoms with E-state index in [0.29, 0.717) is 34.6 Å². The predicted molar refractivity (Wildman–Crippen MR) is 85.1 cm³/mol. The first-order valence-electron chi connectivity index (χ1n) is 7.23. The van der Waals surface area contributed by atoms with Crippen LogP contribution in [-0.2, 0) is 0 Å². The molecule has 0 aromatic carbocycles. The number of carbonyl (C=O) groups is 1. The molecule has 1 aromatic rings. The quantitative estimate of drug-likeness (QED) is 0.846. The van der Waals surface area contributed by atoms with Crippen molar-refractivity contribution in [1.82, 2.24) is 0 Å². The van der Waals surface area contributed by atoms with Crippen LogP contribution in [0.25, 0.3) is 0 Å². The van der Waals surface area contributed by atoms with Gasteiger partial charge < -0.3 is 15.4 Å². The highest BCUT2D eigenvalue weighted by Crippen LogP contribution is 2.47. The summed E-state index contributed by atoms with van der Waals surface area (Å²) in [5.74, 6) is 2.15. The first kappa shape index (κ1) is 15.2. The van der Waals surface area contributed by atoms with Crippen LogP contribution < -0.4 is 15.4 Å². The maximum absolute atomic E-state index is 12.0. The molecule has 5 heteroatoms. The van der Waals surface area contributed by atoms with Crippen LogP contribution in [0.1, 0.15) is 43.3 Å². The lowest BCUT2D eigenvalue weighted by Crippen LogP contribution is -2.20. The van der Waals surface area contributed by atoms with Gasteiger partial charge >= 0.3 is 0 Å². The first-order chi connectivity index (χ1) is 9.49. The van der Waals surface area contributed by atoms with E-state index in [9.17, 15) is 4.79 Å². The molecule has 1 atom stereocenters. The summed E-state index contributed by atoms with van der Waals surface area (Å²) in [6.07, 6.45) is 1.66. The van der Waals surface area contributed by atoms with Crippen LogP contribution in [0.15, 0.2) is 0 Å². The lowest BCUT2D eigenvalue weighted by Gasteiger charge is -2.19. The van der Waals surface area contributed by atoms with Crippen molar-refractivity contribution in [3.63, 3.8) is 0 Å². The minimum atomic E-state index is 0.0941. The number of nitrogens with two attached hydrogens (primary N) is 1. The molecule has 2 heterocycles. The Balaban J connectivity index is 2.30. The summed E-state index contributed by atoms with van der Waals surface area (Å²) in [6, 6.07) is 0. The second kappa shape index (κ2) is 6.04. The Kier molecular flexibility index (Phi) is 4.58. The van der Waals surface area contributed by atoms with Gasteiger partial charge in [-0.3, -0.25) is 4.79 Å². The van der Waals surface area contributed by atoms with Crippen LogP contribution in [0.4, 0.5) is 10.7 Å². The number of ether oxygens (including phenoxy) is 1. The molecule has 0 aliphatic carbocycles. The number of Topliss-reactive ketones (excluding diaryl/α,β-unsaturated/α-hetero) is 1. The molecule has 112 valence electrons. The molecular weight excluding hydrogens is 272 g/mol. The molecular formula is C15H24N2O2S. The number of hydrogen-bond donors (Lipinski definition) is 1. The standard InChI is InChI=1S/C15H24N2O2S/c1-5-11(18)14-12(16)13(19-4)15(20-14)17-7-6-10(8-17)9(2)3/h9-10H,5-8,16H2,1-4H3. The molecule has 4 nitrogen and oxygen atoms in total. The molecule has 1 aromatic heterocycles. The van der Waals surface area contributed by atoms with Gasteiger partial charge in [0.1, 0.15) is 5.00 Å². The van der Waals surface area contributed by atoms with Crippen molar-refractivity contribution in [3.8, 4) is 5.75 Å². The molecule has 0 radical (unpaired) electrons. The number of nitrogens with zero attached hydrogens (tertiary/aromatic N) is 1. The van der Waals surface area contributed by atoms with Gasteiger partial charge in [-0.05, 0) is 18.3 Å². The van der Waals surface area contributed by atoms with E-state index in [1.54, 1.807) is 7.11 Å². The number of anilines is 2. The molecule has 0 bridgehead atoms. The molecule has 1 aliphatic rings. The second-order valence-electron chi connectivity index (χ2n) is 5.70. The van der Waals surface area contributed by atoms with Gasteiger partial charge in [-0.1, -0.05) is 20.8 Å². The van der Waals surface area contributed by atoms with E-state index in [1.165, 1.54) is 17.8 Å². The van der Waals surface area contributed by atoms with Crippen molar-refractivity contribution < 1.29 is 9.53 Å². The Labute approximate surface area is 124 Å². The Bertz CT molecular complexity index is 496. The number of ketones is 1. The monoisotopic (exact) mass is 296 g/mol. The zero-order valence-corrected chi connectivity index (χ0v) is 13.5. The van der Waals surface area contributed by atoms with Gasteiger partial charge in [-0.2, -0.15) is 0 Å². The van der Waals surface area contributed by atoms with Gasteiger partial charge in [0.15, 0.2) is 11.5 Å². The van der Waals surface area contributed by atoms with E-state index < -0.39 is 0 Å². The summed E-state index contributed by atoms with van der Waals surface area (Å²) >= 11 is 1.48. The number of thiophene rings is 1. The summed E-state index contributed by atoms with van der Waals surface area (Å²) < 4.78 is 5.45. The normalized spacial score (nSPS) is 18.9. The largest absolute Gasteiger partial charge is 0.492 e. The minimum Gasteiger partial charge on any atom is -0.492 e. The SMILES string of the molecule is CCC(=O)c1sc(N2CCC(C(C)C)C2)c(OC)c1N. The third-order valence-electron chi connectivity index (χ3n) is 4.12. The van der Waals surface area contributed by atoms with E-state index >= 15 is 0 Å². The highest BCUT2D eigenvalue weighted by molar-refractivity contribution is 7.19. The third kappa shape index (κ3) is 2.64. The molecule has 1 unspecified atom stereocenters. The average Bonchev–Trinajstić information content (AvgIpc) is 3.02. The Morgan fingerprint density at radius 2 is 2.25 bits per heavy atom. The van der Waals surface area contributed by atoms with E-state index in [4.69, 9.17) is 10.5 Å². The fourth-order valence-electron chi connectivity index (χ4n) is 2.71. The summed E-state index contributed by atoms with van der Waals surface area (Å²) in [5.41, 5.74) is 6.60. The molecule has 1 fully saturated rings. The van der Waals surface area contributed by atoms with Crippen LogP contribution in [-0.4, -0.2) is 26.0 Å². The number of nitrogen functional groups attached to an aromatic ring is 1. The highest BCUT2D eigenvalue weighted by atomic mass is 32.1. The Morgan fingerprint density at radius 3 is 2.75 bits per heavy atom. The van der Waals surface area contributed by atoms with Crippen molar-refractivity contribution >= 4 is 27.8 Å². The maximum atomic E-state index is 12.0. The summed E-state index contributed by atoms with van der Waals surface area (Å²) in [4.78, 5) is 14.9. The summed E-state index contributed by atoms with van der Waals surface area (Å²) in [6.45, 7) is 8.42. The second-order valence-corrected chi connectivity index (χ2v) is 6.70. The average molecular weight is 296 g/mol. The van der Waals surface area contributed by atoms with Gasteiger partial charge in [0.2, 0.25) is 0 Å². The van der Waals surface area contributed by atoms with Gasteiger partial charge in [-0.25, -0.2) is 0 Å². The van der Waals surface area contributed by atoms with Gasteiger partial charge in [0.25, 0.3) is 0 Å². The first-order valence-corrected chi connectivity index (χ1v) is 8.05. The molecule has 0 amide bonds. The predicted octanol–water partition coefficient (Wildman–Crippen LogP) is 3.41. The van der Waals surface area contributed by atoms with Crippen molar-refractivity contribution in [1.29, 1.82) is 0 Å². The van der Waals surface area contributed by atoms with E-state index in [2.05, 4.69) is 18.7 Å². The fraction of sp³-hybridized carbons (Fsp3) is 0.667. The highest BCUT2D eigenvalue weighted by Gasteiger charge is 2.30. The van der Waals surface area contributed by atoms with E-state index in [-0.39, 0.29) is 5.78 Å². The zero-order valence-electron chi connectivity index (χ0n) is 12.7. The van der Waals surface area contributed by atoms with Crippen molar-refractivity contribution in [2.45, 2.75) is 33.6 Å². The van der Waals surface area contributed by atoms with Gasteiger partial charge in [0.05, 0.1) is 17.7 Å². The fourth-order valence-corrected chi connectivity index (χ4v) is 3.94. The van der Waals surface area contributed by atoms with Gasteiger partial charge in [-0.15, -0.1) is 11.3 Å². The van der Waals surface area contributed by atoms with Crippen LogP contribution >= 0.6 is 11.3 Å². The van der Waals surface area contributed by atoms with Crippen LogP contribution in [0.3, 0.4) is 0 Å². The molecule has 0 saturated carbocycles. The molecule has 2 N–H and O–H groups in total. The smallest absolute Gasteiger partial charge is 0.177 e. The van der Waals surface area contributed by atoms with Crippen LogP contribution in [0.2, 0.25) is 0 Å². The molecule has 1 saturated heterocycles. The van der Waals surface area contributed by atoms with Crippen molar-refractivity contribution in [3.05, 3.63) is 4.88 Å². The molecule has 1 aliphatic heterocycles. The summed E-state index contributed by atoms with van der Waals surface area (Å²) in [7, 11) is 1.62. The topological polar surface area (TPSA) is 55.6 Å². The lowest BCUT2D eigenvalue weighted by atomic mass is 9.95. The van der Waals surface area contributed by atoms with Crippen molar-refractivity contribution in [2.75, 3.05) is 30.8 Å². The number of methoxy groups -OCH3 is 1. The maximum Gasteiger partial charge on any atom is 0.177 e. The Hall–Kier alpha value is -1.23. The van der Waals surface area contributed by atoms with Crippen LogP contribution in [0, 0.1) is 11.8 Å². The zero-order chi connectivity index (χ0) is 14.9. The van der Waals surface area contributed by atoms with E-state index in [0.717, 1.165) is 18.1 Å². The number of carbonyl (C=O) groups excluding carboxylic acids is 1. The molecule has 20 heavy (non-hydrogen) atoms. The number of rotatable bonds is 5. The van der Waals surface area contributed by atoms with Crippen LogP contribution in [0.5, 0.6) is 5.75 Å². The van der Waals surface area contributed by atoms with E-state index in [1.807, 2.05) is 6.92 Å². The van der Waals surface area contributed by atoms with Crippen molar-refractivity contribution in [2.24, 2.45) is 11.8 Å². The minimum absolute atomic E-state index is 0.0941. The third-order valence-corrected chi connectivity index (χ3v) is 5.40. The lowest BCUT2D eigenvalue weighted by molar-refractivity contribution is 0.0992. The summed E-state index contributed by atoms with van der Waals surface area (Å²) in [5, 5.41) is 1.02. The van der Waals surface area contributed by atoms with Gasteiger partial charge in [0, 0.05) is 19.5 Å². The number of hydrogen-bond acceptors (Lipinski definition) is 5. The Morgan fingerprint density at radius 1 is 1.55 bits per heavy atom. The molecule has 2 rings (SSSR count).